The van der Waals surface area contributed by atoms with E-state index in [0.29, 0.717) is 25.7 Å². The van der Waals surface area contributed by atoms with Gasteiger partial charge in [-0.2, -0.15) is 0 Å². The van der Waals surface area contributed by atoms with E-state index in [4.69, 9.17) is 23.9 Å². The minimum atomic E-state index is 0.447. The van der Waals surface area contributed by atoms with E-state index >= 15 is 0 Å². The third-order valence-corrected chi connectivity index (χ3v) is 7.96. The zero-order chi connectivity index (χ0) is 28.9. The topological polar surface area (TPSA) is 53.1 Å². The van der Waals surface area contributed by atoms with Crippen LogP contribution >= 0.6 is 11.3 Å². The molecule has 0 bridgehead atoms. The molecule has 0 spiro atoms. The van der Waals surface area contributed by atoms with Crippen molar-refractivity contribution in [2.24, 2.45) is 0 Å². The molecule has 218 valence electrons. The van der Waals surface area contributed by atoms with Gasteiger partial charge >= 0.3 is 0 Å². The van der Waals surface area contributed by atoms with Crippen LogP contribution in [0.25, 0.3) is 0 Å². The number of methoxy groups -OCH3 is 2. The van der Waals surface area contributed by atoms with Gasteiger partial charge in [-0.1, -0.05) is 62.7 Å². The summed E-state index contributed by atoms with van der Waals surface area (Å²) >= 11 is 1.66. The normalized spacial score (nSPS) is 12.6. The molecule has 0 radical (unpaired) electrons. The molecule has 0 unspecified atom stereocenters. The molecule has 0 N–H and O–H groups in total. The molecule has 3 aromatic carbocycles. The third-order valence-electron chi connectivity index (χ3n) is 7.01. The van der Waals surface area contributed by atoms with Crippen LogP contribution in [-0.4, -0.2) is 32.4 Å². The second kappa shape index (κ2) is 16.0. The molecule has 7 heteroatoms. The van der Waals surface area contributed by atoms with Crippen molar-refractivity contribution in [1.82, 2.24) is 4.98 Å². The Balaban J connectivity index is 0.00000189. The summed E-state index contributed by atoms with van der Waals surface area (Å²) in [5.41, 5.74) is 4.89. The lowest BCUT2D eigenvalue weighted by molar-refractivity contribution is 0.0872. The highest BCUT2D eigenvalue weighted by atomic mass is 32.1. The predicted octanol–water partition coefficient (Wildman–Crippen LogP) is 8.26. The Morgan fingerprint density at radius 1 is 0.805 bits per heavy atom. The zero-order valence-corrected chi connectivity index (χ0v) is 25.5. The summed E-state index contributed by atoms with van der Waals surface area (Å²) in [5.74, 6) is 3.12. The molecule has 5 rings (SSSR count). The number of rotatable bonds is 14. The molecule has 1 aromatic heterocycles. The zero-order valence-electron chi connectivity index (χ0n) is 24.7. The van der Waals surface area contributed by atoms with Gasteiger partial charge in [0.1, 0.15) is 23.9 Å². The molecule has 4 aromatic rings. The SMILES string of the molecule is CC.COc1cccc(CN(Cc2cccc(C3CCC3)c2)c2nc(COCCOc3cccc(OC)c3)cs2)c1. The van der Waals surface area contributed by atoms with Crippen molar-refractivity contribution in [3.8, 4) is 17.2 Å². The van der Waals surface area contributed by atoms with Gasteiger partial charge in [0.25, 0.3) is 0 Å². The highest BCUT2D eigenvalue weighted by molar-refractivity contribution is 7.13. The fourth-order valence-electron chi connectivity index (χ4n) is 4.68. The van der Waals surface area contributed by atoms with Crippen LogP contribution in [0.1, 0.15) is 61.4 Å². The number of nitrogens with zero attached hydrogens (tertiary/aromatic N) is 2. The van der Waals surface area contributed by atoms with Crippen molar-refractivity contribution in [1.29, 1.82) is 0 Å². The molecular weight excluding hydrogens is 532 g/mol. The summed E-state index contributed by atoms with van der Waals surface area (Å²) < 4.78 is 22.4. The highest BCUT2D eigenvalue weighted by Gasteiger charge is 2.20. The number of anilines is 1. The molecule has 41 heavy (non-hydrogen) atoms. The van der Waals surface area contributed by atoms with Crippen molar-refractivity contribution in [2.45, 2.75) is 58.7 Å². The quantitative estimate of drug-likeness (QED) is 0.141. The maximum absolute atomic E-state index is 5.87. The average molecular weight is 575 g/mol. The first-order valence-corrected chi connectivity index (χ1v) is 15.3. The average Bonchev–Trinajstić information content (AvgIpc) is 3.46. The molecule has 0 atom stereocenters. The summed E-state index contributed by atoms with van der Waals surface area (Å²) in [4.78, 5) is 7.28. The second-order valence-corrected chi connectivity index (χ2v) is 10.6. The molecule has 1 heterocycles. The minimum absolute atomic E-state index is 0.447. The van der Waals surface area contributed by atoms with E-state index in [1.54, 1.807) is 25.6 Å². The van der Waals surface area contributed by atoms with E-state index < -0.39 is 0 Å². The molecular formula is C34H42N2O4S. The van der Waals surface area contributed by atoms with Crippen molar-refractivity contribution < 1.29 is 18.9 Å². The fraction of sp³-hybridized carbons (Fsp3) is 0.382. The van der Waals surface area contributed by atoms with Crippen LogP contribution in [-0.2, 0) is 24.4 Å². The van der Waals surface area contributed by atoms with Gasteiger partial charge in [0, 0.05) is 24.5 Å². The van der Waals surface area contributed by atoms with Gasteiger partial charge in [0.15, 0.2) is 5.13 Å². The van der Waals surface area contributed by atoms with Crippen molar-refractivity contribution in [3.05, 3.63) is 101 Å². The molecule has 0 saturated heterocycles. The first-order valence-electron chi connectivity index (χ1n) is 14.5. The fourth-order valence-corrected chi connectivity index (χ4v) is 5.49. The van der Waals surface area contributed by atoms with Gasteiger partial charge in [-0.05, 0) is 59.7 Å². The van der Waals surface area contributed by atoms with Gasteiger partial charge in [-0.15, -0.1) is 11.3 Å². The molecule has 1 fully saturated rings. The Labute approximate surface area is 248 Å². The number of ether oxygens (including phenoxy) is 4. The molecule has 1 aliphatic carbocycles. The largest absolute Gasteiger partial charge is 0.497 e. The first-order chi connectivity index (χ1) is 20.2. The van der Waals surface area contributed by atoms with E-state index in [1.807, 2.05) is 50.2 Å². The Kier molecular flexibility index (Phi) is 11.9. The number of thiazole rings is 1. The number of aromatic nitrogens is 1. The number of hydrogen-bond acceptors (Lipinski definition) is 7. The van der Waals surface area contributed by atoms with Gasteiger partial charge in [0.05, 0.1) is 33.1 Å². The smallest absolute Gasteiger partial charge is 0.186 e. The van der Waals surface area contributed by atoms with Crippen LogP contribution in [0, 0.1) is 0 Å². The Morgan fingerprint density at radius 3 is 2.17 bits per heavy atom. The lowest BCUT2D eigenvalue weighted by atomic mass is 9.80. The van der Waals surface area contributed by atoms with Gasteiger partial charge in [-0.25, -0.2) is 4.98 Å². The van der Waals surface area contributed by atoms with E-state index in [2.05, 4.69) is 46.7 Å². The van der Waals surface area contributed by atoms with Crippen LogP contribution in [0.3, 0.4) is 0 Å². The van der Waals surface area contributed by atoms with Crippen LogP contribution in [0.2, 0.25) is 0 Å². The standard InChI is InChI=1S/C32H36N2O4S.C2H6/c1-35-29-12-4-8-25(18-29)21-34(20-24-7-3-11-27(17-24)26-9-5-10-26)32-33-28(23-39-32)22-37-15-16-38-31-14-6-13-30(19-31)36-2;1-2/h3-4,6-8,11-14,17-19,23,26H,5,9-10,15-16,20-22H2,1-2H3;1-2H3. The summed E-state index contributed by atoms with van der Waals surface area (Å²) in [6, 6.07) is 24.9. The lowest BCUT2D eigenvalue weighted by Gasteiger charge is -2.27. The number of hydrogen-bond donors (Lipinski definition) is 0. The van der Waals surface area contributed by atoms with Gasteiger partial charge in [0.2, 0.25) is 0 Å². The van der Waals surface area contributed by atoms with Gasteiger partial charge < -0.3 is 23.8 Å². The molecule has 6 nitrogen and oxygen atoms in total. The van der Waals surface area contributed by atoms with E-state index in [0.717, 1.165) is 41.2 Å². The summed E-state index contributed by atoms with van der Waals surface area (Å²) in [7, 11) is 3.35. The molecule has 1 aliphatic rings. The monoisotopic (exact) mass is 574 g/mol. The van der Waals surface area contributed by atoms with Crippen LogP contribution in [0.15, 0.2) is 78.2 Å². The molecule has 0 aliphatic heterocycles. The van der Waals surface area contributed by atoms with Gasteiger partial charge in [-0.3, -0.25) is 0 Å². The molecule has 1 saturated carbocycles. The van der Waals surface area contributed by atoms with Crippen molar-refractivity contribution in [2.75, 3.05) is 32.3 Å². The Morgan fingerprint density at radius 2 is 1.46 bits per heavy atom. The van der Waals surface area contributed by atoms with Crippen LogP contribution < -0.4 is 19.1 Å². The minimum Gasteiger partial charge on any atom is -0.497 e. The van der Waals surface area contributed by atoms with Crippen LogP contribution in [0.5, 0.6) is 17.2 Å². The summed E-state index contributed by atoms with van der Waals surface area (Å²) in [6.07, 6.45) is 3.95. The van der Waals surface area contributed by atoms with Crippen molar-refractivity contribution >= 4 is 16.5 Å². The Hall–Kier alpha value is -3.55. The maximum atomic E-state index is 5.87. The Bertz CT molecular complexity index is 1340. The predicted molar refractivity (Wildman–Crippen MR) is 168 cm³/mol. The summed E-state index contributed by atoms with van der Waals surface area (Å²) in [6.45, 7) is 6.92. The summed E-state index contributed by atoms with van der Waals surface area (Å²) in [5, 5.41) is 3.07. The van der Waals surface area contributed by atoms with Crippen LogP contribution in [0.4, 0.5) is 5.13 Å². The van der Waals surface area contributed by atoms with Crippen molar-refractivity contribution in [3.63, 3.8) is 0 Å². The lowest BCUT2D eigenvalue weighted by Crippen LogP contribution is -2.22. The van der Waals surface area contributed by atoms with E-state index in [-0.39, 0.29) is 0 Å². The second-order valence-electron chi connectivity index (χ2n) is 9.78. The third kappa shape index (κ3) is 8.97. The van der Waals surface area contributed by atoms with E-state index in [1.165, 1.54) is 36.0 Å². The highest BCUT2D eigenvalue weighted by Crippen LogP contribution is 2.37. The molecule has 0 amide bonds. The van der Waals surface area contributed by atoms with E-state index in [9.17, 15) is 0 Å². The maximum Gasteiger partial charge on any atom is 0.186 e. The first kappa shape index (κ1) is 30.4. The number of benzene rings is 3.